The molecule has 1 aromatic carbocycles. The molecule has 0 saturated heterocycles. The van der Waals surface area contributed by atoms with Crippen molar-refractivity contribution in [2.75, 3.05) is 19.0 Å². The van der Waals surface area contributed by atoms with Gasteiger partial charge in [-0.15, -0.1) is 0 Å². The maximum atomic E-state index is 5.25. The van der Waals surface area contributed by atoms with Gasteiger partial charge in [-0.2, -0.15) is 0 Å². The molecule has 0 saturated carbocycles. The lowest BCUT2D eigenvalue weighted by molar-refractivity contribution is 0.171. The molecule has 2 nitrogen and oxygen atoms in total. The Kier molecular flexibility index (Phi) is 4.81. The van der Waals surface area contributed by atoms with Crippen molar-refractivity contribution >= 4 is 5.69 Å². The molecule has 0 spiro atoms. The lowest BCUT2D eigenvalue weighted by Crippen LogP contribution is -2.30. The average molecular weight is 221 g/mol. The summed E-state index contributed by atoms with van der Waals surface area (Å²) in [6.07, 6.45) is 0. The van der Waals surface area contributed by atoms with Crippen molar-refractivity contribution in [2.45, 2.75) is 33.7 Å². The SMILES string of the molecule is COCC(Nc1cc(C)ccc1C)C(C)C. The fourth-order valence-corrected chi connectivity index (χ4v) is 1.67. The summed E-state index contributed by atoms with van der Waals surface area (Å²) in [7, 11) is 1.75. The van der Waals surface area contributed by atoms with Crippen LogP contribution in [0.5, 0.6) is 0 Å². The van der Waals surface area contributed by atoms with E-state index in [9.17, 15) is 0 Å². The van der Waals surface area contributed by atoms with Crippen LogP contribution in [0.1, 0.15) is 25.0 Å². The molecule has 0 heterocycles. The second-order valence-corrected chi connectivity index (χ2v) is 4.77. The molecule has 0 aromatic heterocycles. The number of hydrogen-bond acceptors (Lipinski definition) is 2. The smallest absolute Gasteiger partial charge is 0.0666 e. The van der Waals surface area contributed by atoms with Gasteiger partial charge < -0.3 is 10.1 Å². The van der Waals surface area contributed by atoms with Gasteiger partial charge in [-0.1, -0.05) is 26.0 Å². The highest BCUT2D eigenvalue weighted by Crippen LogP contribution is 2.19. The first-order valence-electron chi connectivity index (χ1n) is 5.87. The third-order valence-electron chi connectivity index (χ3n) is 2.88. The van der Waals surface area contributed by atoms with Crippen molar-refractivity contribution in [3.63, 3.8) is 0 Å². The fraction of sp³-hybridized carbons (Fsp3) is 0.571. The van der Waals surface area contributed by atoms with E-state index in [4.69, 9.17) is 4.74 Å². The Morgan fingerprint density at radius 2 is 1.94 bits per heavy atom. The minimum Gasteiger partial charge on any atom is -0.383 e. The summed E-state index contributed by atoms with van der Waals surface area (Å²) in [6.45, 7) is 9.41. The van der Waals surface area contributed by atoms with Crippen LogP contribution in [0, 0.1) is 19.8 Å². The van der Waals surface area contributed by atoms with Crippen LogP contribution in [0.4, 0.5) is 5.69 Å². The predicted molar refractivity (Wildman–Crippen MR) is 70.0 cm³/mol. The van der Waals surface area contributed by atoms with E-state index < -0.39 is 0 Å². The molecular weight excluding hydrogens is 198 g/mol. The quantitative estimate of drug-likeness (QED) is 0.823. The van der Waals surface area contributed by atoms with Crippen LogP contribution < -0.4 is 5.32 Å². The summed E-state index contributed by atoms with van der Waals surface area (Å²) in [6, 6.07) is 6.86. The molecule has 16 heavy (non-hydrogen) atoms. The minimum absolute atomic E-state index is 0.366. The third kappa shape index (κ3) is 3.53. The van der Waals surface area contributed by atoms with Crippen LogP contribution in [0.3, 0.4) is 0 Å². The van der Waals surface area contributed by atoms with E-state index in [1.54, 1.807) is 7.11 Å². The number of nitrogens with one attached hydrogen (secondary N) is 1. The molecule has 0 amide bonds. The maximum absolute atomic E-state index is 5.25. The van der Waals surface area contributed by atoms with E-state index in [0.29, 0.717) is 12.0 Å². The van der Waals surface area contributed by atoms with Gasteiger partial charge in [-0.3, -0.25) is 0 Å². The zero-order valence-corrected chi connectivity index (χ0v) is 11.0. The van der Waals surface area contributed by atoms with Gasteiger partial charge in [0.05, 0.1) is 12.6 Å². The molecule has 90 valence electrons. The number of anilines is 1. The first-order chi connectivity index (χ1) is 7.54. The number of hydrogen-bond donors (Lipinski definition) is 1. The van der Waals surface area contributed by atoms with Crippen molar-refractivity contribution in [1.29, 1.82) is 0 Å². The van der Waals surface area contributed by atoms with E-state index in [2.05, 4.69) is 51.2 Å². The zero-order chi connectivity index (χ0) is 12.1. The Morgan fingerprint density at radius 3 is 2.50 bits per heavy atom. The summed E-state index contributed by atoms with van der Waals surface area (Å²) in [5.74, 6) is 0.555. The van der Waals surface area contributed by atoms with Gasteiger partial charge in [-0.25, -0.2) is 0 Å². The Hall–Kier alpha value is -1.02. The molecule has 0 aliphatic carbocycles. The molecule has 0 radical (unpaired) electrons. The number of ether oxygens (including phenoxy) is 1. The summed E-state index contributed by atoms with van der Waals surface area (Å²) < 4.78 is 5.25. The molecule has 1 unspecified atom stereocenters. The molecule has 1 aromatic rings. The van der Waals surface area contributed by atoms with Gasteiger partial charge in [0.2, 0.25) is 0 Å². The predicted octanol–water partition coefficient (Wildman–Crippen LogP) is 3.39. The molecule has 0 aliphatic rings. The van der Waals surface area contributed by atoms with E-state index in [1.807, 2.05) is 0 Å². The summed E-state index contributed by atoms with van der Waals surface area (Å²) in [4.78, 5) is 0. The van der Waals surface area contributed by atoms with E-state index >= 15 is 0 Å². The van der Waals surface area contributed by atoms with Gasteiger partial charge in [0.1, 0.15) is 0 Å². The lowest BCUT2D eigenvalue weighted by Gasteiger charge is -2.24. The van der Waals surface area contributed by atoms with Crippen LogP contribution in [-0.2, 0) is 4.74 Å². The number of methoxy groups -OCH3 is 1. The second kappa shape index (κ2) is 5.90. The topological polar surface area (TPSA) is 21.3 Å². The van der Waals surface area contributed by atoms with Crippen LogP contribution >= 0.6 is 0 Å². The monoisotopic (exact) mass is 221 g/mol. The Bertz CT molecular complexity index is 334. The van der Waals surface area contributed by atoms with Gasteiger partial charge >= 0.3 is 0 Å². The molecule has 0 fully saturated rings. The van der Waals surface area contributed by atoms with Gasteiger partial charge in [0.25, 0.3) is 0 Å². The number of rotatable bonds is 5. The molecule has 1 rings (SSSR count). The number of aryl methyl sites for hydroxylation is 2. The molecule has 0 bridgehead atoms. The van der Waals surface area contributed by atoms with E-state index in [-0.39, 0.29) is 0 Å². The van der Waals surface area contributed by atoms with Crippen molar-refractivity contribution in [3.05, 3.63) is 29.3 Å². The average Bonchev–Trinajstić information content (AvgIpc) is 2.22. The van der Waals surface area contributed by atoms with Gasteiger partial charge in [-0.05, 0) is 37.0 Å². The van der Waals surface area contributed by atoms with Gasteiger partial charge in [0, 0.05) is 12.8 Å². The summed E-state index contributed by atoms with van der Waals surface area (Å²) >= 11 is 0. The van der Waals surface area contributed by atoms with Gasteiger partial charge in [0.15, 0.2) is 0 Å². The molecule has 0 aliphatic heterocycles. The third-order valence-corrected chi connectivity index (χ3v) is 2.88. The zero-order valence-electron chi connectivity index (χ0n) is 11.0. The summed E-state index contributed by atoms with van der Waals surface area (Å²) in [5.41, 5.74) is 3.79. The number of benzene rings is 1. The van der Waals surface area contributed by atoms with Crippen molar-refractivity contribution in [3.8, 4) is 0 Å². The van der Waals surface area contributed by atoms with E-state index in [0.717, 1.165) is 6.61 Å². The van der Waals surface area contributed by atoms with Crippen molar-refractivity contribution < 1.29 is 4.74 Å². The van der Waals surface area contributed by atoms with Crippen LogP contribution in [0.15, 0.2) is 18.2 Å². The second-order valence-electron chi connectivity index (χ2n) is 4.77. The molecular formula is C14H23NO. The summed E-state index contributed by atoms with van der Waals surface area (Å²) in [5, 5.41) is 3.56. The molecule has 2 heteroatoms. The van der Waals surface area contributed by atoms with Crippen LogP contribution in [0.25, 0.3) is 0 Å². The maximum Gasteiger partial charge on any atom is 0.0666 e. The first kappa shape index (κ1) is 13.0. The Balaban J connectivity index is 2.80. The minimum atomic E-state index is 0.366. The van der Waals surface area contributed by atoms with Crippen LogP contribution in [0.2, 0.25) is 0 Å². The lowest BCUT2D eigenvalue weighted by atomic mass is 10.0. The highest BCUT2D eigenvalue weighted by molar-refractivity contribution is 5.53. The Labute approximate surface area is 99.0 Å². The van der Waals surface area contributed by atoms with Crippen molar-refractivity contribution in [2.24, 2.45) is 5.92 Å². The Morgan fingerprint density at radius 1 is 1.25 bits per heavy atom. The normalized spacial score (nSPS) is 12.9. The highest BCUT2D eigenvalue weighted by atomic mass is 16.5. The standard InChI is InChI=1S/C14H23NO/c1-10(2)14(9-16-5)15-13-8-11(3)6-7-12(13)4/h6-8,10,14-15H,9H2,1-5H3. The fourth-order valence-electron chi connectivity index (χ4n) is 1.67. The molecule has 1 atom stereocenters. The highest BCUT2D eigenvalue weighted by Gasteiger charge is 2.13. The van der Waals surface area contributed by atoms with Crippen molar-refractivity contribution in [1.82, 2.24) is 0 Å². The molecule has 1 N–H and O–H groups in total. The largest absolute Gasteiger partial charge is 0.383 e. The van der Waals surface area contributed by atoms with E-state index in [1.165, 1.54) is 16.8 Å². The van der Waals surface area contributed by atoms with Crippen LogP contribution in [-0.4, -0.2) is 19.8 Å². The first-order valence-corrected chi connectivity index (χ1v) is 5.87.